The molecular weight excluding hydrogens is 532 g/mol. The molecule has 1 aliphatic heterocycles. The molecule has 4 aromatic rings. The number of hydrogen-bond donors (Lipinski definition) is 5. The van der Waals surface area contributed by atoms with Crippen LogP contribution in [0.5, 0.6) is 0 Å². The first-order valence-electron chi connectivity index (χ1n) is 15.3. The number of nitrogen functional groups attached to an aromatic ring is 1. The minimum atomic E-state index is -1.11. The molecule has 11 heteroatoms. The van der Waals surface area contributed by atoms with Gasteiger partial charge in [-0.05, 0) is 81.4 Å². The zero-order valence-electron chi connectivity index (χ0n) is 24.6. The predicted molar refractivity (Wildman–Crippen MR) is 160 cm³/mol. The van der Waals surface area contributed by atoms with Gasteiger partial charge in [0.15, 0.2) is 17.7 Å². The number of anilines is 1. The van der Waals surface area contributed by atoms with E-state index in [1.54, 1.807) is 4.57 Å². The molecule has 4 atom stereocenters. The van der Waals surface area contributed by atoms with E-state index in [0.29, 0.717) is 35.0 Å². The highest BCUT2D eigenvalue weighted by Gasteiger charge is 2.46. The van der Waals surface area contributed by atoms with Gasteiger partial charge in [0, 0.05) is 18.0 Å². The van der Waals surface area contributed by atoms with Gasteiger partial charge in [0.2, 0.25) is 0 Å². The summed E-state index contributed by atoms with van der Waals surface area (Å²) in [6, 6.07) is 7.18. The Balaban J connectivity index is 0.906. The van der Waals surface area contributed by atoms with E-state index in [1.807, 2.05) is 0 Å². The number of nitrogens with zero attached hydrogens (tertiary/aromatic N) is 5. The average Bonchev–Trinajstić information content (AvgIpc) is 3.60. The fourth-order valence-corrected chi connectivity index (χ4v) is 7.28. The van der Waals surface area contributed by atoms with Gasteiger partial charge in [0.05, 0.1) is 23.5 Å². The Morgan fingerprint density at radius 2 is 1.98 bits per heavy atom. The lowest BCUT2D eigenvalue weighted by molar-refractivity contribution is -0.0447. The first-order valence-corrected chi connectivity index (χ1v) is 15.3. The summed E-state index contributed by atoms with van der Waals surface area (Å²) in [4.78, 5) is 20.9. The van der Waals surface area contributed by atoms with Crippen LogP contribution in [-0.4, -0.2) is 69.6 Å². The standard InChI is InChI=1S/C31H42N8O3/c1-30(2,14-22-25(40)26(41)29(42-22)39-16-35-24-27(32)33-15-34-28(24)39)38-19-11-17(12-19)5-8-23-36-20-7-6-18(13-21(20)37-23)31(3)9-4-10-31/h6-7,13,15-17,19,22,25-26,29,38,40-41H,4-5,8-12,14H2,1-3H3,(H,36,37)(H2,32,33,34)/t17?,19?,22-,25-,26-,29-/m1/s1. The smallest absolute Gasteiger partial charge is 0.167 e. The Kier molecular flexibility index (Phi) is 6.76. The molecule has 6 N–H and O–H groups in total. The Bertz CT molecular complexity index is 1590. The third-order valence-corrected chi connectivity index (χ3v) is 10.0. The van der Waals surface area contributed by atoms with Crippen LogP contribution in [0.25, 0.3) is 22.2 Å². The fraction of sp³-hybridized carbons (Fsp3) is 0.613. The molecule has 0 spiro atoms. The summed E-state index contributed by atoms with van der Waals surface area (Å²) in [6.07, 6.45) is 8.12. The summed E-state index contributed by atoms with van der Waals surface area (Å²) in [6.45, 7) is 6.62. The van der Waals surface area contributed by atoms with Gasteiger partial charge in [-0.25, -0.2) is 19.9 Å². The lowest BCUT2D eigenvalue weighted by Gasteiger charge is -2.42. The van der Waals surface area contributed by atoms with E-state index >= 15 is 0 Å². The molecule has 11 nitrogen and oxygen atoms in total. The molecule has 2 aliphatic carbocycles. The number of benzene rings is 1. The summed E-state index contributed by atoms with van der Waals surface area (Å²) < 4.78 is 7.81. The number of aromatic nitrogens is 6. The van der Waals surface area contributed by atoms with Crippen molar-refractivity contribution in [2.75, 3.05) is 5.73 Å². The van der Waals surface area contributed by atoms with E-state index in [1.165, 1.54) is 37.5 Å². The van der Waals surface area contributed by atoms with Crippen molar-refractivity contribution in [2.45, 2.75) is 114 Å². The number of fused-ring (bicyclic) bond motifs is 2. The lowest BCUT2D eigenvalue weighted by Crippen LogP contribution is -2.53. The summed E-state index contributed by atoms with van der Waals surface area (Å²) >= 11 is 0. The maximum absolute atomic E-state index is 10.9. The van der Waals surface area contributed by atoms with Crippen molar-refractivity contribution in [3.8, 4) is 0 Å². The second-order valence-corrected chi connectivity index (χ2v) is 13.8. The molecule has 1 saturated heterocycles. The molecule has 3 aliphatic rings. The molecule has 0 amide bonds. The maximum atomic E-state index is 10.9. The molecule has 2 saturated carbocycles. The minimum Gasteiger partial charge on any atom is -0.388 e. The van der Waals surface area contributed by atoms with Gasteiger partial charge in [0.25, 0.3) is 0 Å². The molecule has 42 heavy (non-hydrogen) atoms. The Morgan fingerprint density at radius 3 is 2.74 bits per heavy atom. The number of H-pyrrole nitrogens is 1. The summed E-state index contributed by atoms with van der Waals surface area (Å²) in [5, 5.41) is 25.5. The van der Waals surface area contributed by atoms with Crippen molar-refractivity contribution in [3.05, 3.63) is 42.2 Å². The number of rotatable bonds is 9. The SMILES string of the molecule is CC(C)(C[C@H]1O[C@@H](n2cnc3c(N)ncnc32)[C@H](O)[C@@H]1O)NC1CC(CCc2nc3cc(C4(C)CCC4)ccc3[nH]2)C1. The Morgan fingerprint density at radius 1 is 1.17 bits per heavy atom. The van der Waals surface area contributed by atoms with Crippen LogP contribution < -0.4 is 11.1 Å². The molecule has 0 radical (unpaired) electrons. The molecule has 1 aromatic carbocycles. The van der Waals surface area contributed by atoms with Gasteiger partial charge in [-0.3, -0.25) is 4.57 Å². The van der Waals surface area contributed by atoms with E-state index in [9.17, 15) is 10.2 Å². The Hall–Kier alpha value is -3.12. The highest BCUT2D eigenvalue weighted by molar-refractivity contribution is 5.81. The monoisotopic (exact) mass is 574 g/mol. The zero-order valence-corrected chi connectivity index (χ0v) is 24.6. The number of imidazole rings is 2. The van der Waals surface area contributed by atoms with Gasteiger partial charge >= 0.3 is 0 Å². The van der Waals surface area contributed by atoms with E-state index in [0.717, 1.165) is 42.5 Å². The second-order valence-electron chi connectivity index (χ2n) is 13.8. The fourth-order valence-electron chi connectivity index (χ4n) is 7.28. The van der Waals surface area contributed by atoms with Crippen LogP contribution in [0.15, 0.2) is 30.9 Å². The molecule has 7 rings (SSSR count). The van der Waals surface area contributed by atoms with Gasteiger partial charge in [-0.15, -0.1) is 0 Å². The van der Waals surface area contributed by atoms with Crippen molar-refractivity contribution in [1.29, 1.82) is 0 Å². The third-order valence-electron chi connectivity index (χ3n) is 10.0. The number of ether oxygens (including phenoxy) is 1. The highest BCUT2D eigenvalue weighted by atomic mass is 16.6. The topological polar surface area (TPSA) is 160 Å². The van der Waals surface area contributed by atoms with E-state index < -0.39 is 24.5 Å². The first-order chi connectivity index (χ1) is 20.1. The van der Waals surface area contributed by atoms with Crippen LogP contribution in [0.4, 0.5) is 5.82 Å². The Labute approximate surface area is 245 Å². The maximum Gasteiger partial charge on any atom is 0.167 e. The van der Waals surface area contributed by atoms with Crippen LogP contribution in [0.2, 0.25) is 0 Å². The first kappa shape index (κ1) is 27.7. The molecule has 224 valence electrons. The van der Waals surface area contributed by atoms with Crippen molar-refractivity contribution >= 4 is 28.0 Å². The van der Waals surface area contributed by atoms with E-state index in [-0.39, 0.29) is 11.4 Å². The minimum absolute atomic E-state index is 0.261. The van der Waals surface area contributed by atoms with Gasteiger partial charge in [-0.2, -0.15) is 0 Å². The predicted octanol–water partition coefficient (Wildman–Crippen LogP) is 3.52. The second kappa shape index (κ2) is 10.3. The van der Waals surface area contributed by atoms with Crippen molar-refractivity contribution in [3.63, 3.8) is 0 Å². The van der Waals surface area contributed by atoms with Crippen LogP contribution in [-0.2, 0) is 16.6 Å². The number of nitrogens with one attached hydrogen (secondary N) is 2. The van der Waals surface area contributed by atoms with Crippen LogP contribution in [0, 0.1) is 5.92 Å². The highest BCUT2D eigenvalue weighted by Crippen LogP contribution is 2.44. The van der Waals surface area contributed by atoms with Crippen molar-refractivity contribution in [1.82, 2.24) is 34.8 Å². The molecule has 4 heterocycles. The number of aliphatic hydroxyl groups is 2. The van der Waals surface area contributed by atoms with Crippen LogP contribution in [0.3, 0.4) is 0 Å². The van der Waals surface area contributed by atoms with Gasteiger partial charge in [-0.1, -0.05) is 19.4 Å². The largest absolute Gasteiger partial charge is 0.388 e. The number of hydrogen-bond acceptors (Lipinski definition) is 9. The summed E-state index contributed by atoms with van der Waals surface area (Å²) in [5.74, 6) is 2.01. The van der Waals surface area contributed by atoms with E-state index in [2.05, 4.69) is 64.2 Å². The van der Waals surface area contributed by atoms with Gasteiger partial charge < -0.3 is 31.0 Å². The van der Waals surface area contributed by atoms with E-state index in [4.69, 9.17) is 15.5 Å². The quantitative estimate of drug-likeness (QED) is 0.201. The number of aryl methyl sites for hydroxylation is 1. The molecule has 3 aromatic heterocycles. The molecular formula is C31H42N8O3. The van der Waals surface area contributed by atoms with Crippen molar-refractivity contribution < 1.29 is 14.9 Å². The number of aliphatic hydroxyl groups excluding tert-OH is 2. The summed E-state index contributed by atoms with van der Waals surface area (Å²) in [7, 11) is 0. The third kappa shape index (κ3) is 4.96. The summed E-state index contributed by atoms with van der Waals surface area (Å²) in [5.41, 5.74) is 10.5. The van der Waals surface area contributed by atoms with Gasteiger partial charge in [0.1, 0.15) is 29.9 Å². The lowest BCUT2D eigenvalue weighted by atomic mass is 9.66. The molecule has 3 fully saturated rings. The molecule has 0 bridgehead atoms. The van der Waals surface area contributed by atoms with Crippen LogP contribution >= 0.6 is 0 Å². The normalized spacial score (nSPS) is 29.2. The number of aromatic amines is 1. The van der Waals surface area contributed by atoms with Crippen LogP contribution in [0.1, 0.15) is 83.3 Å². The zero-order chi connectivity index (χ0) is 29.2. The number of nitrogens with two attached hydrogens (primary N) is 1. The molecule has 0 unspecified atom stereocenters. The average molecular weight is 575 g/mol. The van der Waals surface area contributed by atoms with Crippen molar-refractivity contribution in [2.24, 2.45) is 5.92 Å².